The fraction of sp³-hybridized carbons (Fsp3) is 0.833. The lowest BCUT2D eigenvalue weighted by molar-refractivity contribution is -0.143. The van der Waals surface area contributed by atoms with Gasteiger partial charge in [0.25, 0.3) is 0 Å². The van der Waals surface area contributed by atoms with Crippen LogP contribution in [0.5, 0.6) is 0 Å². The largest absolute Gasteiger partial charge is 0.480 e. The first-order valence-electron chi connectivity index (χ1n) is 6.11. The van der Waals surface area contributed by atoms with Gasteiger partial charge in [0.1, 0.15) is 6.04 Å². The Bertz CT molecular complexity index is 272. The minimum atomic E-state index is -0.959. The first-order valence-corrected chi connectivity index (χ1v) is 6.11. The monoisotopic (exact) mass is 243 g/mol. The van der Waals surface area contributed by atoms with Crippen LogP contribution in [0.15, 0.2) is 0 Å². The van der Waals surface area contributed by atoms with Crippen LogP contribution in [0.25, 0.3) is 0 Å². The summed E-state index contributed by atoms with van der Waals surface area (Å²) < 4.78 is 5.17. The Morgan fingerprint density at radius 3 is 2.41 bits per heavy atom. The number of carboxylic acids is 1. The third kappa shape index (κ3) is 4.73. The minimum absolute atomic E-state index is 0.0993. The lowest BCUT2D eigenvalue weighted by Crippen LogP contribution is -2.45. The van der Waals surface area contributed by atoms with Gasteiger partial charge < -0.3 is 15.2 Å². The molecule has 0 spiro atoms. The molecule has 1 heterocycles. The Kier molecular flexibility index (Phi) is 5.41. The van der Waals surface area contributed by atoms with E-state index in [1.807, 2.05) is 13.8 Å². The number of hydrogen-bond acceptors (Lipinski definition) is 3. The van der Waals surface area contributed by atoms with E-state index in [0.717, 1.165) is 0 Å². The molecule has 0 bridgehead atoms. The minimum Gasteiger partial charge on any atom is -0.480 e. The second-order valence-electron chi connectivity index (χ2n) is 4.92. The predicted octanol–water partition coefficient (Wildman–Crippen LogP) is 1.03. The highest BCUT2D eigenvalue weighted by atomic mass is 16.5. The SMILES string of the molecule is CC(C)C[C@@H](NC(=O)C1CCOCC1)C(=O)O. The third-order valence-electron chi connectivity index (χ3n) is 2.91. The highest BCUT2D eigenvalue weighted by molar-refractivity contribution is 5.85. The van der Waals surface area contributed by atoms with Crippen LogP contribution in [0, 0.1) is 11.8 Å². The Labute approximate surface area is 102 Å². The molecule has 17 heavy (non-hydrogen) atoms. The summed E-state index contributed by atoms with van der Waals surface area (Å²) in [4.78, 5) is 22.9. The van der Waals surface area contributed by atoms with E-state index >= 15 is 0 Å². The van der Waals surface area contributed by atoms with E-state index < -0.39 is 12.0 Å². The number of ether oxygens (including phenoxy) is 1. The van der Waals surface area contributed by atoms with Gasteiger partial charge in [-0.15, -0.1) is 0 Å². The van der Waals surface area contributed by atoms with Crippen LogP contribution in [0.3, 0.4) is 0 Å². The fourth-order valence-corrected chi connectivity index (χ4v) is 1.94. The van der Waals surface area contributed by atoms with Gasteiger partial charge in [-0.2, -0.15) is 0 Å². The van der Waals surface area contributed by atoms with Crippen molar-refractivity contribution in [2.45, 2.75) is 39.2 Å². The van der Waals surface area contributed by atoms with Gasteiger partial charge in [0.05, 0.1) is 0 Å². The number of nitrogens with one attached hydrogen (secondary N) is 1. The highest BCUT2D eigenvalue weighted by Crippen LogP contribution is 2.15. The van der Waals surface area contributed by atoms with E-state index in [2.05, 4.69) is 5.32 Å². The number of hydrogen-bond donors (Lipinski definition) is 2. The molecule has 1 atom stereocenters. The summed E-state index contributed by atoms with van der Waals surface area (Å²) in [5, 5.41) is 11.7. The number of carbonyl (C=O) groups is 2. The Morgan fingerprint density at radius 1 is 1.35 bits per heavy atom. The molecule has 1 saturated heterocycles. The molecule has 1 aliphatic heterocycles. The molecule has 0 radical (unpaired) electrons. The van der Waals surface area contributed by atoms with Crippen molar-refractivity contribution in [3.8, 4) is 0 Å². The number of aliphatic carboxylic acids is 1. The van der Waals surface area contributed by atoms with Crippen LogP contribution >= 0.6 is 0 Å². The molecule has 2 N–H and O–H groups in total. The van der Waals surface area contributed by atoms with Crippen LogP contribution in [0.4, 0.5) is 0 Å². The van der Waals surface area contributed by atoms with Gasteiger partial charge in [0, 0.05) is 19.1 Å². The van der Waals surface area contributed by atoms with Gasteiger partial charge in [-0.25, -0.2) is 4.79 Å². The topological polar surface area (TPSA) is 75.6 Å². The summed E-state index contributed by atoms with van der Waals surface area (Å²) in [6.45, 7) is 5.05. The summed E-state index contributed by atoms with van der Waals surface area (Å²) in [5.74, 6) is -0.968. The second kappa shape index (κ2) is 6.59. The predicted molar refractivity (Wildman–Crippen MR) is 62.6 cm³/mol. The van der Waals surface area contributed by atoms with Crippen molar-refractivity contribution in [1.29, 1.82) is 0 Å². The number of carboxylic acid groups (broad SMARTS) is 1. The highest BCUT2D eigenvalue weighted by Gasteiger charge is 2.26. The lowest BCUT2D eigenvalue weighted by Gasteiger charge is -2.24. The molecule has 0 aromatic carbocycles. The summed E-state index contributed by atoms with van der Waals surface area (Å²) >= 11 is 0. The van der Waals surface area contributed by atoms with E-state index in [0.29, 0.717) is 32.5 Å². The molecule has 0 aromatic rings. The standard InChI is InChI=1S/C12H21NO4/c1-8(2)7-10(12(15)16)13-11(14)9-3-5-17-6-4-9/h8-10H,3-7H2,1-2H3,(H,13,14)(H,15,16)/t10-/m1/s1. The molecular formula is C12H21NO4. The Balaban J connectivity index is 2.47. The third-order valence-corrected chi connectivity index (χ3v) is 2.91. The van der Waals surface area contributed by atoms with Gasteiger partial charge >= 0.3 is 5.97 Å². The summed E-state index contributed by atoms with van der Waals surface area (Å²) in [7, 11) is 0. The fourth-order valence-electron chi connectivity index (χ4n) is 1.94. The average molecular weight is 243 g/mol. The average Bonchev–Trinajstić information content (AvgIpc) is 2.28. The van der Waals surface area contributed by atoms with Gasteiger partial charge in [-0.3, -0.25) is 4.79 Å². The zero-order valence-corrected chi connectivity index (χ0v) is 10.4. The zero-order chi connectivity index (χ0) is 12.8. The van der Waals surface area contributed by atoms with Crippen molar-refractivity contribution >= 4 is 11.9 Å². The lowest BCUT2D eigenvalue weighted by atomic mass is 9.97. The number of carbonyl (C=O) groups excluding carboxylic acids is 1. The van der Waals surface area contributed by atoms with E-state index in [-0.39, 0.29) is 17.7 Å². The first kappa shape index (κ1) is 14.0. The van der Waals surface area contributed by atoms with Crippen molar-refractivity contribution in [2.24, 2.45) is 11.8 Å². The molecule has 5 nitrogen and oxygen atoms in total. The van der Waals surface area contributed by atoms with Gasteiger partial charge in [-0.05, 0) is 25.2 Å². The van der Waals surface area contributed by atoms with Gasteiger partial charge in [0.2, 0.25) is 5.91 Å². The maximum absolute atomic E-state index is 11.9. The molecule has 1 aliphatic rings. The molecule has 98 valence electrons. The normalized spacial score (nSPS) is 19.0. The molecule has 0 saturated carbocycles. The molecule has 0 aromatic heterocycles. The molecule has 5 heteroatoms. The van der Waals surface area contributed by atoms with Crippen LogP contribution in [-0.4, -0.2) is 36.2 Å². The van der Waals surface area contributed by atoms with E-state index in [9.17, 15) is 9.59 Å². The number of rotatable bonds is 5. The Hall–Kier alpha value is -1.10. The molecule has 0 unspecified atom stereocenters. The maximum atomic E-state index is 11.9. The summed E-state index contributed by atoms with van der Waals surface area (Å²) in [5.41, 5.74) is 0. The van der Waals surface area contributed by atoms with Crippen molar-refractivity contribution in [3.63, 3.8) is 0 Å². The van der Waals surface area contributed by atoms with Crippen LogP contribution in [0.1, 0.15) is 33.1 Å². The van der Waals surface area contributed by atoms with Crippen molar-refractivity contribution in [1.82, 2.24) is 5.32 Å². The molecule has 1 amide bonds. The van der Waals surface area contributed by atoms with Crippen LogP contribution in [-0.2, 0) is 14.3 Å². The van der Waals surface area contributed by atoms with Crippen molar-refractivity contribution in [2.75, 3.05) is 13.2 Å². The van der Waals surface area contributed by atoms with E-state index in [1.54, 1.807) is 0 Å². The zero-order valence-electron chi connectivity index (χ0n) is 10.4. The number of amides is 1. The maximum Gasteiger partial charge on any atom is 0.326 e. The smallest absolute Gasteiger partial charge is 0.326 e. The van der Waals surface area contributed by atoms with Crippen molar-refractivity contribution < 1.29 is 19.4 Å². The first-order chi connectivity index (χ1) is 8.00. The summed E-state index contributed by atoms with van der Waals surface area (Å²) in [6, 6.07) is -0.773. The Morgan fingerprint density at radius 2 is 1.94 bits per heavy atom. The molecular weight excluding hydrogens is 222 g/mol. The van der Waals surface area contributed by atoms with E-state index in [1.165, 1.54) is 0 Å². The van der Waals surface area contributed by atoms with Crippen LogP contribution in [0.2, 0.25) is 0 Å². The van der Waals surface area contributed by atoms with E-state index in [4.69, 9.17) is 9.84 Å². The van der Waals surface area contributed by atoms with Crippen LogP contribution < -0.4 is 5.32 Å². The second-order valence-corrected chi connectivity index (χ2v) is 4.92. The summed E-state index contributed by atoms with van der Waals surface area (Å²) in [6.07, 6.45) is 1.82. The molecule has 0 aliphatic carbocycles. The molecule has 1 fully saturated rings. The van der Waals surface area contributed by atoms with Crippen molar-refractivity contribution in [3.05, 3.63) is 0 Å². The van der Waals surface area contributed by atoms with Gasteiger partial charge in [-0.1, -0.05) is 13.8 Å². The molecule has 1 rings (SSSR count). The quantitative estimate of drug-likeness (QED) is 0.756. The van der Waals surface area contributed by atoms with Gasteiger partial charge in [0.15, 0.2) is 0 Å².